The zero-order chi connectivity index (χ0) is 75.5. The molecule has 0 aromatic rings. The third-order valence-electron chi connectivity index (χ3n) is 23.0. The van der Waals surface area contributed by atoms with Crippen LogP contribution in [0.25, 0.3) is 0 Å². The average molecular weight is 1310 g/mol. The molecule has 8 heteroatoms. The van der Waals surface area contributed by atoms with E-state index in [1.165, 1.54) is 77.8 Å². The Morgan fingerprint density at radius 3 is 0.739 bits per heavy atom. The maximum Gasteiger partial charge on any atom is 0.407 e. The first-order valence-electron chi connectivity index (χ1n) is 38.4. The monoisotopic (exact) mass is 1310 g/mol. The number of carbonyl (C=O) groups excluding carboxylic acids is 1. The first-order valence-corrected chi connectivity index (χ1v) is 38.4. The standard InChI is InChI=1S/C13H27N.C12H23NO2.C12H25N.2C12H24O.C11H23N.6C2H6/c1-11(2,3)13(12(4,5)6)7-9-14-10-8-13;1-10(2,3)12(11(4,5)6)7-8-15-9(14)13-12;2*1-10(2,3)12(11(4,5)6)7-8-13-9-12;1-10(2,3)12(11(4,5)6)8-7-9-13-12;1-9(2,3)11(7-12-8-11)10(4,5)6;6*1-2/h14H,7-10H2,1-6H3;7-8H2,1-6H3,(H,13,14);13H,7-9H2,1-6H3;2*7-9H2,1-6H3;12H,7-8H2,1-6H3;6*1-2H3. The number of amides is 1. The van der Waals surface area contributed by atoms with Gasteiger partial charge in [-0.05, 0) is 134 Å². The van der Waals surface area contributed by atoms with Crippen molar-refractivity contribution < 1.29 is 19.0 Å². The summed E-state index contributed by atoms with van der Waals surface area (Å²) < 4.78 is 16.7. The van der Waals surface area contributed by atoms with Gasteiger partial charge in [0, 0.05) is 50.1 Å². The summed E-state index contributed by atoms with van der Waals surface area (Å²) in [4.78, 5) is 11.4. The molecule has 0 unspecified atom stereocenters. The second-order valence-electron chi connectivity index (χ2n) is 38.6. The highest BCUT2D eigenvalue weighted by Crippen LogP contribution is 2.59. The average Bonchev–Trinajstić information content (AvgIpc) is 1.00. The van der Waals surface area contributed by atoms with Crippen LogP contribution in [-0.2, 0) is 14.2 Å². The lowest BCUT2D eigenvalue weighted by molar-refractivity contribution is -0.148. The Balaban J connectivity index is -0.000000233. The Labute approximate surface area is 584 Å². The number of piperidine rings is 1. The molecule has 562 valence electrons. The normalized spacial score (nSPS) is 20.6. The van der Waals surface area contributed by atoms with Crippen LogP contribution in [0.1, 0.15) is 377 Å². The minimum absolute atomic E-state index is 0.0185. The van der Waals surface area contributed by atoms with Gasteiger partial charge in [0.25, 0.3) is 0 Å². The zero-order valence-corrected chi connectivity index (χ0v) is 73.2. The largest absolute Gasteiger partial charge is 0.449 e. The van der Waals surface area contributed by atoms with Crippen molar-refractivity contribution in [2.45, 2.75) is 388 Å². The van der Waals surface area contributed by atoms with Crippen LogP contribution in [0, 0.1) is 86.6 Å². The molecule has 6 aliphatic heterocycles. The minimum atomic E-state index is -0.286. The predicted molar refractivity (Wildman–Crippen MR) is 419 cm³/mol. The lowest BCUT2D eigenvalue weighted by atomic mass is 9.50. The van der Waals surface area contributed by atoms with E-state index in [0.29, 0.717) is 71.6 Å². The van der Waals surface area contributed by atoms with E-state index in [0.717, 1.165) is 26.2 Å². The van der Waals surface area contributed by atoms with Crippen molar-refractivity contribution in [3.8, 4) is 0 Å². The van der Waals surface area contributed by atoms with E-state index >= 15 is 0 Å². The van der Waals surface area contributed by atoms with Crippen molar-refractivity contribution in [1.82, 2.24) is 21.3 Å². The number of alkyl carbamates (subject to hydrolysis) is 1. The van der Waals surface area contributed by atoms with Gasteiger partial charge in [0.2, 0.25) is 0 Å². The van der Waals surface area contributed by atoms with Crippen LogP contribution in [0.2, 0.25) is 0 Å². The van der Waals surface area contributed by atoms with Gasteiger partial charge in [-0.15, -0.1) is 0 Å². The highest BCUT2D eigenvalue weighted by molar-refractivity contribution is 5.69. The fourth-order valence-electron chi connectivity index (χ4n) is 17.8. The smallest absolute Gasteiger partial charge is 0.407 e. The SMILES string of the molecule is CC.CC.CC.CC.CC.CC.CC(C)(C)C1(C(C)(C)C)CCCO1.CC(C)(C)C1(C(C)(C)C)CCNC1.CC(C)(C)C1(C(C)(C)C)CCNCC1.CC(C)(C)C1(C(C)(C)C)CCOC(=O)N1.CC(C)(C)C1(C(C)(C)C)CCOC1.CC(C)(C)C1(C(C)(C)C)CNC1. The van der Waals surface area contributed by atoms with E-state index in [2.05, 4.69) is 271 Å². The molecule has 6 fully saturated rings. The van der Waals surface area contributed by atoms with E-state index in [1.54, 1.807) is 0 Å². The van der Waals surface area contributed by atoms with Gasteiger partial charge in [0.05, 0.1) is 24.4 Å². The molecule has 6 aliphatic rings. The first kappa shape index (κ1) is 102. The van der Waals surface area contributed by atoms with E-state index < -0.39 is 0 Å². The van der Waals surface area contributed by atoms with Crippen molar-refractivity contribution >= 4 is 6.09 Å². The molecular weight excluding hydrogens is 1130 g/mol. The Hall–Kier alpha value is -0.930. The van der Waals surface area contributed by atoms with Crippen LogP contribution in [-0.4, -0.2) is 82.9 Å². The van der Waals surface area contributed by atoms with Crippen LogP contribution < -0.4 is 21.3 Å². The van der Waals surface area contributed by atoms with Crippen LogP contribution in [0.5, 0.6) is 0 Å². The first-order chi connectivity index (χ1) is 41.1. The fourth-order valence-corrected chi connectivity index (χ4v) is 17.8. The molecule has 4 N–H and O–H groups in total. The molecule has 6 saturated heterocycles. The van der Waals surface area contributed by atoms with Gasteiger partial charge in [-0.25, -0.2) is 4.79 Å². The van der Waals surface area contributed by atoms with Crippen LogP contribution in [0.4, 0.5) is 4.79 Å². The molecular formula is C84H182N4O4. The summed E-state index contributed by atoms with van der Waals surface area (Å²) in [6.45, 7) is 118. The molecule has 8 nitrogen and oxygen atoms in total. The van der Waals surface area contributed by atoms with Gasteiger partial charge in [0.1, 0.15) is 0 Å². The molecule has 92 heavy (non-hydrogen) atoms. The molecule has 6 heterocycles. The Morgan fingerprint density at radius 2 is 0.598 bits per heavy atom. The van der Waals surface area contributed by atoms with Crippen molar-refractivity contribution in [3.63, 3.8) is 0 Å². The Kier molecular flexibility index (Phi) is 44.1. The molecule has 0 saturated carbocycles. The number of nitrogens with one attached hydrogen (secondary N) is 4. The maximum absolute atomic E-state index is 11.4. The third kappa shape index (κ3) is 25.7. The summed E-state index contributed by atoms with van der Waals surface area (Å²) in [6.07, 6.45) is 8.17. The van der Waals surface area contributed by atoms with E-state index in [-0.39, 0.29) is 38.9 Å². The van der Waals surface area contributed by atoms with Gasteiger partial charge in [-0.3, -0.25) is 0 Å². The maximum atomic E-state index is 11.4. The Morgan fingerprint density at radius 1 is 0.293 bits per heavy atom. The summed E-state index contributed by atoms with van der Waals surface area (Å²) in [5, 5.41) is 13.5. The number of ether oxygens (including phenoxy) is 3. The van der Waals surface area contributed by atoms with E-state index in [4.69, 9.17) is 14.2 Å². The molecule has 0 atom stereocenters. The second-order valence-corrected chi connectivity index (χ2v) is 38.6. The lowest BCUT2D eigenvalue weighted by Gasteiger charge is -2.60. The van der Waals surface area contributed by atoms with Crippen LogP contribution >= 0.6 is 0 Å². The zero-order valence-electron chi connectivity index (χ0n) is 73.2. The highest BCUT2D eigenvalue weighted by atomic mass is 16.6. The number of cyclic esters (lactones) is 1. The Bertz CT molecular complexity index is 1650. The van der Waals surface area contributed by atoms with E-state index in [1.807, 2.05) is 83.1 Å². The predicted octanol–water partition coefficient (Wildman–Crippen LogP) is 25.4. The van der Waals surface area contributed by atoms with Gasteiger partial charge in [-0.2, -0.15) is 0 Å². The highest BCUT2D eigenvalue weighted by Gasteiger charge is 2.58. The summed E-state index contributed by atoms with van der Waals surface area (Å²) >= 11 is 0. The molecule has 0 bridgehead atoms. The minimum Gasteiger partial charge on any atom is -0.449 e. The number of carbonyl (C=O) groups is 1. The molecule has 1 amide bonds. The molecule has 6 rings (SSSR count). The van der Waals surface area contributed by atoms with Gasteiger partial charge < -0.3 is 35.5 Å². The number of hydrogen-bond acceptors (Lipinski definition) is 7. The van der Waals surface area contributed by atoms with Crippen molar-refractivity contribution in [1.29, 1.82) is 0 Å². The molecule has 0 spiro atoms. The summed E-state index contributed by atoms with van der Waals surface area (Å²) in [5.41, 5.74) is 5.28. The summed E-state index contributed by atoms with van der Waals surface area (Å²) in [5.74, 6) is 0. The second kappa shape index (κ2) is 39.8. The summed E-state index contributed by atoms with van der Waals surface area (Å²) in [6, 6.07) is 0. The summed E-state index contributed by atoms with van der Waals surface area (Å²) in [7, 11) is 0. The van der Waals surface area contributed by atoms with Gasteiger partial charge in [0.15, 0.2) is 0 Å². The number of hydrogen-bond donors (Lipinski definition) is 4. The van der Waals surface area contributed by atoms with Crippen molar-refractivity contribution in [2.24, 2.45) is 86.6 Å². The number of rotatable bonds is 0. The topological polar surface area (TPSA) is 92.9 Å². The molecule has 0 aromatic heterocycles. The fraction of sp³-hybridized carbons (Fsp3) is 0.988. The molecule has 0 radical (unpaired) electrons. The molecule has 0 aromatic carbocycles. The third-order valence-corrected chi connectivity index (χ3v) is 23.0. The van der Waals surface area contributed by atoms with Gasteiger partial charge >= 0.3 is 6.09 Å². The van der Waals surface area contributed by atoms with Gasteiger partial charge in [-0.1, -0.05) is 332 Å². The lowest BCUT2D eigenvalue weighted by Crippen LogP contribution is -2.67. The van der Waals surface area contributed by atoms with Crippen LogP contribution in [0.15, 0.2) is 0 Å². The quantitative estimate of drug-likeness (QED) is 0.192. The molecule has 0 aliphatic carbocycles. The van der Waals surface area contributed by atoms with E-state index in [9.17, 15) is 4.79 Å². The van der Waals surface area contributed by atoms with Crippen molar-refractivity contribution in [2.75, 3.05) is 65.7 Å². The van der Waals surface area contributed by atoms with Crippen LogP contribution in [0.3, 0.4) is 0 Å². The van der Waals surface area contributed by atoms with Crippen molar-refractivity contribution in [3.05, 3.63) is 0 Å².